The van der Waals surface area contributed by atoms with Gasteiger partial charge in [0.2, 0.25) is 5.91 Å². The smallest absolute Gasteiger partial charge is 0.233 e. The average molecular weight is 277 g/mol. The van der Waals surface area contributed by atoms with Crippen molar-refractivity contribution in [3.05, 3.63) is 24.3 Å². The molecule has 1 atom stereocenters. The molecule has 1 fully saturated rings. The van der Waals surface area contributed by atoms with Crippen molar-refractivity contribution in [1.29, 1.82) is 0 Å². The summed E-state index contributed by atoms with van der Waals surface area (Å²) in [5.41, 5.74) is 1.19. The molecule has 0 aliphatic carbocycles. The van der Waals surface area contributed by atoms with Crippen LogP contribution in [0.1, 0.15) is 6.42 Å². The molecule has 2 rings (SSSR count). The molecule has 0 spiro atoms. The van der Waals surface area contributed by atoms with E-state index in [4.69, 9.17) is 4.74 Å². The van der Waals surface area contributed by atoms with Crippen LogP contribution in [0.3, 0.4) is 0 Å². The maximum absolute atomic E-state index is 11.4. The van der Waals surface area contributed by atoms with Crippen LogP contribution >= 0.6 is 0 Å². The number of hydrogen-bond donors (Lipinski definition) is 2. The maximum Gasteiger partial charge on any atom is 0.233 e. The van der Waals surface area contributed by atoms with Gasteiger partial charge < -0.3 is 20.3 Å². The molecular formula is C15H23N3O2. The van der Waals surface area contributed by atoms with Crippen molar-refractivity contribution in [1.82, 2.24) is 10.6 Å². The topological polar surface area (TPSA) is 53.6 Å². The predicted octanol–water partition coefficient (Wildman–Crippen LogP) is 0.857. The molecule has 2 N–H and O–H groups in total. The third-order valence-corrected chi connectivity index (χ3v) is 3.63. The van der Waals surface area contributed by atoms with Gasteiger partial charge in [-0.3, -0.25) is 4.79 Å². The van der Waals surface area contributed by atoms with Crippen LogP contribution in [-0.4, -0.2) is 46.2 Å². The Kier molecular flexibility index (Phi) is 5.24. The first-order valence-corrected chi connectivity index (χ1v) is 7.03. The fourth-order valence-corrected chi connectivity index (χ4v) is 2.52. The molecule has 0 aromatic heterocycles. The van der Waals surface area contributed by atoms with Crippen LogP contribution in [0.2, 0.25) is 0 Å². The number of methoxy groups -OCH3 is 1. The molecule has 1 heterocycles. The highest BCUT2D eigenvalue weighted by Crippen LogP contribution is 2.26. The Bertz CT molecular complexity index is 450. The highest BCUT2D eigenvalue weighted by atomic mass is 16.5. The largest absolute Gasteiger partial charge is 0.497 e. The van der Waals surface area contributed by atoms with Crippen LogP contribution in [0.5, 0.6) is 5.75 Å². The molecule has 1 saturated heterocycles. The van der Waals surface area contributed by atoms with Gasteiger partial charge in [-0.1, -0.05) is 6.07 Å². The van der Waals surface area contributed by atoms with Crippen molar-refractivity contribution in [2.45, 2.75) is 6.42 Å². The average Bonchev–Trinajstić information content (AvgIpc) is 2.94. The molecule has 1 aliphatic heterocycles. The van der Waals surface area contributed by atoms with E-state index in [0.29, 0.717) is 12.5 Å². The lowest BCUT2D eigenvalue weighted by atomic mass is 10.1. The SMILES string of the molecule is CNCC(=O)NCC1CCN(c2cccc(OC)c2)C1. The van der Waals surface area contributed by atoms with Gasteiger partial charge in [0, 0.05) is 31.4 Å². The van der Waals surface area contributed by atoms with E-state index in [1.54, 1.807) is 14.2 Å². The summed E-state index contributed by atoms with van der Waals surface area (Å²) in [5, 5.41) is 5.82. The normalized spacial score (nSPS) is 18.1. The second-order valence-electron chi connectivity index (χ2n) is 5.14. The number of hydrogen-bond acceptors (Lipinski definition) is 4. The molecule has 5 nitrogen and oxygen atoms in total. The Labute approximate surface area is 120 Å². The van der Waals surface area contributed by atoms with Gasteiger partial charge >= 0.3 is 0 Å². The van der Waals surface area contributed by atoms with Gasteiger partial charge in [-0.25, -0.2) is 0 Å². The van der Waals surface area contributed by atoms with E-state index in [9.17, 15) is 4.79 Å². The van der Waals surface area contributed by atoms with E-state index in [1.807, 2.05) is 12.1 Å². The van der Waals surface area contributed by atoms with E-state index in [2.05, 4.69) is 27.7 Å². The van der Waals surface area contributed by atoms with E-state index >= 15 is 0 Å². The van der Waals surface area contributed by atoms with Crippen molar-refractivity contribution >= 4 is 11.6 Å². The second-order valence-corrected chi connectivity index (χ2v) is 5.14. The summed E-state index contributed by atoms with van der Waals surface area (Å²) in [7, 11) is 3.46. The molecule has 1 aromatic carbocycles. The van der Waals surface area contributed by atoms with Crippen LogP contribution in [0.25, 0.3) is 0 Å². The Hall–Kier alpha value is -1.75. The van der Waals surface area contributed by atoms with Gasteiger partial charge in [-0.15, -0.1) is 0 Å². The molecule has 110 valence electrons. The molecule has 1 unspecified atom stereocenters. The highest BCUT2D eigenvalue weighted by molar-refractivity contribution is 5.77. The zero-order chi connectivity index (χ0) is 14.4. The van der Waals surface area contributed by atoms with Gasteiger partial charge in [0.25, 0.3) is 0 Å². The first-order valence-electron chi connectivity index (χ1n) is 7.03. The van der Waals surface area contributed by atoms with Crippen molar-refractivity contribution < 1.29 is 9.53 Å². The van der Waals surface area contributed by atoms with Crippen molar-refractivity contribution in [3.63, 3.8) is 0 Å². The third kappa shape index (κ3) is 3.87. The number of likely N-dealkylation sites (N-methyl/N-ethyl adjacent to an activating group) is 1. The Morgan fingerprint density at radius 1 is 1.50 bits per heavy atom. The summed E-state index contributed by atoms with van der Waals surface area (Å²) < 4.78 is 5.26. The first kappa shape index (κ1) is 14.7. The van der Waals surface area contributed by atoms with Crippen LogP contribution in [-0.2, 0) is 4.79 Å². The number of nitrogens with one attached hydrogen (secondary N) is 2. The quantitative estimate of drug-likeness (QED) is 0.810. The van der Waals surface area contributed by atoms with Crippen molar-refractivity contribution in [2.24, 2.45) is 5.92 Å². The summed E-state index contributed by atoms with van der Waals surface area (Å²) in [4.78, 5) is 13.8. The number of anilines is 1. The molecule has 0 radical (unpaired) electrons. The molecular weight excluding hydrogens is 254 g/mol. The summed E-state index contributed by atoms with van der Waals surface area (Å²) in [6.07, 6.45) is 1.11. The number of benzene rings is 1. The molecule has 5 heteroatoms. The molecule has 1 aromatic rings. The highest BCUT2D eigenvalue weighted by Gasteiger charge is 2.23. The van der Waals surface area contributed by atoms with E-state index in [-0.39, 0.29) is 5.91 Å². The van der Waals surface area contributed by atoms with Crippen LogP contribution in [0.15, 0.2) is 24.3 Å². The van der Waals surface area contributed by atoms with Crippen molar-refractivity contribution in [3.8, 4) is 5.75 Å². The van der Waals surface area contributed by atoms with Gasteiger partial charge in [-0.2, -0.15) is 0 Å². The molecule has 0 saturated carbocycles. The number of ether oxygens (including phenoxy) is 1. The second kappa shape index (κ2) is 7.14. The molecule has 1 amide bonds. The molecule has 0 bridgehead atoms. The van der Waals surface area contributed by atoms with E-state index in [1.165, 1.54) is 5.69 Å². The van der Waals surface area contributed by atoms with Gasteiger partial charge in [0.05, 0.1) is 13.7 Å². The maximum atomic E-state index is 11.4. The van der Waals surface area contributed by atoms with Crippen LogP contribution in [0.4, 0.5) is 5.69 Å². The van der Waals surface area contributed by atoms with E-state index < -0.39 is 0 Å². The minimum atomic E-state index is 0.0623. The summed E-state index contributed by atoms with van der Waals surface area (Å²) in [5.74, 6) is 1.46. The van der Waals surface area contributed by atoms with Gasteiger partial charge in [0.1, 0.15) is 5.75 Å². The molecule has 1 aliphatic rings. The minimum Gasteiger partial charge on any atom is -0.497 e. The number of amides is 1. The van der Waals surface area contributed by atoms with Gasteiger partial charge in [0.15, 0.2) is 0 Å². The first-order chi connectivity index (χ1) is 9.72. The fraction of sp³-hybridized carbons (Fsp3) is 0.533. The zero-order valence-electron chi connectivity index (χ0n) is 12.2. The predicted molar refractivity (Wildman–Crippen MR) is 80.3 cm³/mol. The Balaban J connectivity index is 1.84. The third-order valence-electron chi connectivity index (χ3n) is 3.63. The lowest BCUT2D eigenvalue weighted by Gasteiger charge is -2.19. The lowest BCUT2D eigenvalue weighted by molar-refractivity contribution is -0.120. The fourth-order valence-electron chi connectivity index (χ4n) is 2.52. The number of rotatable bonds is 6. The van der Waals surface area contributed by atoms with Crippen LogP contribution in [0, 0.1) is 5.92 Å². The summed E-state index contributed by atoms with van der Waals surface area (Å²) in [6, 6.07) is 8.12. The number of nitrogens with zero attached hydrogens (tertiary/aromatic N) is 1. The number of carbonyl (C=O) groups is 1. The standard InChI is InChI=1S/C15H23N3O2/c1-16-10-15(19)17-9-12-6-7-18(11-12)13-4-3-5-14(8-13)20-2/h3-5,8,12,16H,6-7,9-11H2,1-2H3,(H,17,19). The Morgan fingerprint density at radius 3 is 3.10 bits per heavy atom. The summed E-state index contributed by atoms with van der Waals surface area (Å²) in [6.45, 7) is 3.14. The van der Waals surface area contributed by atoms with Crippen molar-refractivity contribution in [2.75, 3.05) is 45.2 Å². The van der Waals surface area contributed by atoms with E-state index in [0.717, 1.165) is 31.8 Å². The monoisotopic (exact) mass is 277 g/mol. The van der Waals surface area contributed by atoms with Crippen LogP contribution < -0.4 is 20.3 Å². The lowest BCUT2D eigenvalue weighted by Crippen LogP contribution is -2.36. The molecule has 20 heavy (non-hydrogen) atoms. The Morgan fingerprint density at radius 2 is 2.35 bits per heavy atom. The van der Waals surface area contributed by atoms with Gasteiger partial charge in [-0.05, 0) is 31.5 Å². The zero-order valence-corrected chi connectivity index (χ0v) is 12.2. The minimum absolute atomic E-state index is 0.0623. The summed E-state index contributed by atoms with van der Waals surface area (Å²) >= 11 is 0. The number of carbonyl (C=O) groups excluding carboxylic acids is 1.